The van der Waals surface area contributed by atoms with Gasteiger partial charge in [-0.05, 0) is 99.6 Å². The number of fused-ring (bicyclic) bond motifs is 6. The lowest BCUT2D eigenvalue weighted by molar-refractivity contribution is 0.610. The molecule has 2 aliphatic heterocycles. The summed E-state index contributed by atoms with van der Waals surface area (Å²) in [5.74, 6) is 2.25. The van der Waals surface area contributed by atoms with Crippen molar-refractivity contribution in [2.45, 2.75) is 76.3 Å². The van der Waals surface area contributed by atoms with Crippen molar-refractivity contribution in [1.82, 2.24) is 30.6 Å². The number of H-pyrrole nitrogens is 2. The summed E-state index contributed by atoms with van der Waals surface area (Å²) in [6.07, 6.45) is 11.5. The Bertz CT molecular complexity index is 1380. The van der Waals surface area contributed by atoms with Crippen LogP contribution in [0.2, 0.25) is 0 Å². The first-order valence-electron chi connectivity index (χ1n) is 14.7. The molecule has 2 aromatic carbocycles. The first-order chi connectivity index (χ1) is 18.8. The molecule has 4 aliphatic rings. The molecule has 0 saturated carbocycles. The summed E-state index contributed by atoms with van der Waals surface area (Å²) in [5.41, 5.74) is 13.1. The third-order valence-electron chi connectivity index (χ3n) is 9.17. The number of hydrogen-bond donors (Lipinski definition) is 4. The molecule has 2 unspecified atom stereocenters. The van der Waals surface area contributed by atoms with Crippen LogP contribution in [0.25, 0.3) is 33.6 Å². The molecular weight excluding hydrogens is 468 g/mol. The number of hydrogen-bond acceptors (Lipinski definition) is 4. The Morgan fingerprint density at radius 1 is 0.579 bits per heavy atom. The van der Waals surface area contributed by atoms with Crippen molar-refractivity contribution in [3.05, 3.63) is 70.6 Å². The summed E-state index contributed by atoms with van der Waals surface area (Å²) in [5, 5.41) is 7.20. The highest BCUT2D eigenvalue weighted by molar-refractivity contribution is 5.77. The monoisotopic (exact) mass is 504 g/mol. The predicted octanol–water partition coefficient (Wildman–Crippen LogP) is 5.96. The lowest BCUT2D eigenvalue weighted by Crippen LogP contribution is -2.14. The van der Waals surface area contributed by atoms with Crippen molar-refractivity contribution in [3.8, 4) is 33.6 Å². The van der Waals surface area contributed by atoms with Crippen LogP contribution < -0.4 is 10.6 Å². The molecule has 0 spiro atoms. The molecule has 0 amide bonds. The van der Waals surface area contributed by atoms with Gasteiger partial charge in [-0.15, -0.1) is 0 Å². The minimum absolute atomic E-state index is 0.379. The Labute approximate surface area is 224 Å². The molecule has 0 radical (unpaired) electrons. The van der Waals surface area contributed by atoms with Crippen molar-refractivity contribution in [3.63, 3.8) is 0 Å². The number of aromatic nitrogens is 4. The topological polar surface area (TPSA) is 81.4 Å². The van der Waals surface area contributed by atoms with E-state index in [0.29, 0.717) is 12.1 Å². The van der Waals surface area contributed by atoms with E-state index in [4.69, 9.17) is 9.97 Å². The van der Waals surface area contributed by atoms with Crippen molar-refractivity contribution in [2.24, 2.45) is 0 Å². The molecule has 4 heterocycles. The Kier molecular flexibility index (Phi) is 5.51. The van der Waals surface area contributed by atoms with Crippen LogP contribution in [0.3, 0.4) is 0 Å². The highest BCUT2D eigenvalue weighted by atomic mass is 15.1. The summed E-state index contributed by atoms with van der Waals surface area (Å²) in [6, 6.07) is 14.9. The van der Waals surface area contributed by atoms with E-state index in [1.165, 1.54) is 81.8 Å². The Morgan fingerprint density at radius 2 is 1.08 bits per heavy atom. The minimum Gasteiger partial charge on any atom is -0.344 e. The van der Waals surface area contributed by atoms with Gasteiger partial charge in [0, 0.05) is 22.5 Å². The van der Waals surface area contributed by atoms with Crippen molar-refractivity contribution < 1.29 is 0 Å². The summed E-state index contributed by atoms with van der Waals surface area (Å²) >= 11 is 0. The maximum absolute atomic E-state index is 5.12. The molecule has 6 nitrogen and oxygen atoms in total. The van der Waals surface area contributed by atoms with Crippen molar-refractivity contribution >= 4 is 0 Å². The van der Waals surface area contributed by atoms with Crippen LogP contribution >= 0.6 is 0 Å². The summed E-state index contributed by atoms with van der Waals surface area (Å²) < 4.78 is 0. The standard InChI is InChI=1S/C32H36N6/c1-5-21-17-19(11-13-23(21)29-25(7-1)35-31(37-29)27-9-3-15-33-27)20-12-14-24-22(18-20)6-2-8-26-30(24)38-32(36-26)28-10-4-16-34-28/h11-14,17-18,27-28,33-34H,1-10,15-16H2,(H,35,37)(H,36,38). The van der Waals surface area contributed by atoms with Crippen LogP contribution in [0.5, 0.6) is 0 Å². The fourth-order valence-corrected chi connectivity index (χ4v) is 7.17. The first-order valence-corrected chi connectivity index (χ1v) is 14.7. The molecule has 4 aromatic rings. The Hall–Kier alpha value is -3.22. The lowest BCUT2D eigenvalue weighted by Gasteiger charge is -2.12. The quantitative estimate of drug-likeness (QED) is 0.277. The number of nitrogens with zero attached hydrogens (tertiary/aromatic N) is 2. The zero-order valence-corrected chi connectivity index (χ0v) is 22.0. The molecule has 6 heteroatoms. The second-order valence-electron chi connectivity index (χ2n) is 11.6. The third-order valence-corrected chi connectivity index (χ3v) is 9.17. The van der Waals surface area contributed by atoms with Crippen LogP contribution in [0, 0.1) is 0 Å². The van der Waals surface area contributed by atoms with Crippen molar-refractivity contribution in [1.29, 1.82) is 0 Å². The highest BCUT2D eigenvalue weighted by Gasteiger charge is 2.26. The minimum atomic E-state index is 0.379. The molecule has 2 fully saturated rings. The highest BCUT2D eigenvalue weighted by Crippen LogP contribution is 2.38. The lowest BCUT2D eigenvalue weighted by atomic mass is 9.93. The van der Waals surface area contributed by atoms with Gasteiger partial charge >= 0.3 is 0 Å². The van der Waals surface area contributed by atoms with Crippen molar-refractivity contribution in [2.75, 3.05) is 13.1 Å². The van der Waals surface area contributed by atoms with E-state index in [0.717, 1.165) is 63.3 Å². The van der Waals surface area contributed by atoms with Crippen LogP contribution in [0.4, 0.5) is 0 Å². The summed E-state index contributed by atoms with van der Waals surface area (Å²) in [6.45, 7) is 2.19. The van der Waals surface area contributed by atoms with E-state index in [1.807, 2.05) is 0 Å². The van der Waals surface area contributed by atoms with E-state index < -0.39 is 0 Å². The fraction of sp³-hybridized carbons (Fsp3) is 0.438. The second kappa shape index (κ2) is 9.21. The molecule has 2 saturated heterocycles. The fourth-order valence-electron chi connectivity index (χ4n) is 7.17. The molecule has 0 bridgehead atoms. The molecule has 194 valence electrons. The number of rotatable bonds is 3. The average molecular weight is 505 g/mol. The molecule has 38 heavy (non-hydrogen) atoms. The Morgan fingerprint density at radius 3 is 1.53 bits per heavy atom. The third kappa shape index (κ3) is 3.85. The summed E-state index contributed by atoms with van der Waals surface area (Å²) in [4.78, 5) is 17.6. The van der Waals surface area contributed by atoms with E-state index >= 15 is 0 Å². The van der Waals surface area contributed by atoms with Gasteiger partial charge in [-0.3, -0.25) is 0 Å². The number of nitrogens with one attached hydrogen (secondary N) is 4. The average Bonchev–Trinajstić information content (AvgIpc) is 3.74. The first kappa shape index (κ1) is 22.7. The molecule has 2 aliphatic carbocycles. The van der Waals surface area contributed by atoms with Gasteiger partial charge in [0.05, 0.1) is 23.5 Å². The van der Waals surface area contributed by atoms with Gasteiger partial charge in [-0.2, -0.15) is 0 Å². The van der Waals surface area contributed by atoms with Gasteiger partial charge in [0.25, 0.3) is 0 Å². The maximum atomic E-state index is 5.12. The normalized spacial score (nSPS) is 22.3. The number of aromatic amines is 2. The largest absolute Gasteiger partial charge is 0.344 e. The molecule has 2 atom stereocenters. The van der Waals surface area contributed by atoms with Gasteiger partial charge in [-0.25, -0.2) is 9.97 Å². The van der Waals surface area contributed by atoms with Gasteiger partial charge in [0.15, 0.2) is 0 Å². The number of benzene rings is 2. The smallest absolute Gasteiger partial charge is 0.124 e. The van der Waals surface area contributed by atoms with Gasteiger partial charge in [-0.1, -0.05) is 36.4 Å². The molecule has 2 aromatic heterocycles. The summed E-state index contributed by atoms with van der Waals surface area (Å²) in [7, 11) is 0. The van der Waals surface area contributed by atoms with Crippen LogP contribution in [-0.4, -0.2) is 33.0 Å². The van der Waals surface area contributed by atoms with Gasteiger partial charge in [0.2, 0.25) is 0 Å². The zero-order valence-electron chi connectivity index (χ0n) is 22.0. The van der Waals surface area contributed by atoms with E-state index in [-0.39, 0.29) is 0 Å². The van der Waals surface area contributed by atoms with Gasteiger partial charge in [0.1, 0.15) is 11.6 Å². The van der Waals surface area contributed by atoms with E-state index in [1.54, 1.807) is 0 Å². The maximum Gasteiger partial charge on any atom is 0.124 e. The molecule has 4 N–H and O–H groups in total. The van der Waals surface area contributed by atoms with Crippen LogP contribution in [-0.2, 0) is 25.7 Å². The number of imidazole rings is 2. The van der Waals surface area contributed by atoms with E-state index in [9.17, 15) is 0 Å². The van der Waals surface area contributed by atoms with Gasteiger partial charge < -0.3 is 20.6 Å². The second-order valence-corrected chi connectivity index (χ2v) is 11.6. The van der Waals surface area contributed by atoms with E-state index in [2.05, 4.69) is 57.0 Å². The number of aryl methyl sites for hydroxylation is 4. The predicted molar refractivity (Wildman–Crippen MR) is 151 cm³/mol. The van der Waals surface area contributed by atoms with Crippen LogP contribution in [0.1, 0.15) is 84.8 Å². The molecule has 8 rings (SSSR count). The van der Waals surface area contributed by atoms with Crippen LogP contribution in [0.15, 0.2) is 36.4 Å². The Balaban J connectivity index is 1.13. The zero-order chi connectivity index (χ0) is 25.1. The molecular formula is C32H36N6. The SMILES string of the molecule is c1cc2c(cc1-c1ccc3c(c1)CCCc1[nH]c(C4CCCN4)nc1-3)CCCc1[nH]c(C3CCCN3)nc1-2.